The maximum Gasteiger partial charge on any atom is 0.218 e. The molecule has 0 radical (unpaired) electrons. The van der Waals surface area contributed by atoms with E-state index in [2.05, 4.69) is 10.1 Å². The lowest BCUT2D eigenvalue weighted by atomic mass is 10.2. The third kappa shape index (κ3) is 1.85. The Morgan fingerprint density at radius 2 is 1.86 bits per heavy atom. The Morgan fingerprint density at radius 1 is 1.21 bits per heavy atom. The molecule has 1 aromatic carbocycles. The summed E-state index contributed by atoms with van der Waals surface area (Å²) in [6.07, 6.45) is 0. The number of hydrogen-bond acceptors (Lipinski definition) is 3. The van der Waals surface area contributed by atoms with Crippen molar-refractivity contribution in [3.05, 3.63) is 30.3 Å². The predicted octanol–water partition coefficient (Wildman–Crippen LogP) is 1.49. The van der Waals surface area contributed by atoms with Crippen LogP contribution in [0.2, 0.25) is 0 Å². The molecule has 1 aromatic heterocycles. The molecule has 0 bridgehead atoms. The normalized spacial score (nSPS) is 9.50. The van der Waals surface area contributed by atoms with Gasteiger partial charge in [-0.1, -0.05) is 30.3 Å². The van der Waals surface area contributed by atoms with Gasteiger partial charge in [0.05, 0.1) is 0 Å². The number of hydrogen-bond donors (Lipinski definition) is 1. The zero-order valence-corrected chi connectivity index (χ0v) is 8.53. The van der Waals surface area contributed by atoms with E-state index in [4.69, 9.17) is 5.73 Å². The first-order chi connectivity index (χ1) is 6.27. The molecule has 5 heteroatoms. The van der Waals surface area contributed by atoms with Gasteiger partial charge in [-0.05, 0) is 0 Å². The molecule has 0 fully saturated rings. The third-order valence-corrected chi connectivity index (χ3v) is 1.83. The summed E-state index contributed by atoms with van der Waals surface area (Å²) in [5.74, 6) is 1.10. The first kappa shape index (κ1) is 10.5. The van der Waals surface area contributed by atoms with Gasteiger partial charge >= 0.3 is 0 Å². The van der Waals surface area contributed by atoms with Crippen LogP contribution in [0.1, 0.15) is 0 Å². The lowest BCUT2D eigenvalue weighted by Crippen LogP contribution is -1.97. The molecule has 14 heavy (non-hydrogen) atoms. The Bertz CT molecular complexity index is 391. The average Bonchev–Trinajstić information content (AvgIpc) is 2.49. The van der Waals surface area contributed by atoms with Gasteiger partial charge in [-0.15, -0.1) is 17.5 Å². The van der Waals surface area contributed by atoms with Crippen molar-refractivity contribution in [2.75, 3.05) is 5.73 Å². The largest absolute Gasteiger partial charge is 0.368 e. The van der Waals surface area contributed by atoms with Crippen molar-refractivity contribution in [2.45, 2.75) is 0 Å². The molecule has 74 valence electrons. The van der Waals surface area contributed by atoms with E-state index in [9.17, 15) is 0 Å². The predicted molar refractivity (Wildman–Crippen MR) is 58.1 cm³/mol. The van der Waals surface area contributed by atoms with Gasteiger partial charge in [-0.3, -0.25) is 0 Å². The molecule has 0 aliphatic carbocycles. The van der Waals surface area contributed by atoms with Gasteiger partial charge in [-0.25, -0.2) is 4.68 Å². The van der Waals surface area contributed by atoms with Crippen LogP contribution in [0.4, 0.5) is 5.95 Å². The minimum atomic E-state index is 0. The maximum atomic E-state index is 5.57. The molecular formula is C9H11ClN4. The Balaban J connectivity index is 0.000000980. The van der Waals surface area contributed by atoms with E-state index in [1.165, 1.54) is 0 Å². The van der Waals surface area contributed by atoms with Crippen molar-refractivity contribution < 1.29 is 0 Å². The summed E-state index contributed by atoms with van der Waals surface area (Å²) < 4.78 is 1.56. The summed E-state index contributed by atoms with van der Waals surface area (Å²) in [4.78, 5) is 4.11. The molecule has 0 unspecified atom stereocenters. The number of halogens is 1. The maximum absolute atomic E-state index is 5.57. The van der Waals surface area contributed by atoms with Gasteiger partial charge in [0.2, 0.25) is 5.95 Å². The highest BCUT2D eigenvalue weighted by Crippen LogP contribution is 2.14. The second kappa shape index (κ2) is 4.11. The van der Waals surface area contributed by atoms with Gasteiger partial charge in [0.15, 0.2) is 5.82 Å². The molecule has 0 saturated carbocycles. The molecule has 0 saturated heterocycles. The van der Waals surface area contributed by atoms with Crippen LogP contribution >= 0.6 is 12.4 Å². The second-order valence-electron chi connectivity index (χ2n) is 2.78. The van der Waals surface area contributed by atoms with Crippen LogP contribution in [0, 0.1) is 0 Å². The van der Waals surface area contributed by atoms with Gasteiger partial charge in [0.25, 0.3) is 0 Å². The van der Waals surface area contributed by atoms with Crippen molar-refractivity contribution in [1.82, 2.24) is 14.8 Å². The molecule has 2 aromatic rings. The lowest BCUT2D eigenvalue weighted by Gasteiger charge is -1.91. The monoisotopic (exact) mass is 210 g/mol. The molecule has 0 aliphatic heterocycles. The fourth-order valence-corrected chi connectivity index (χ4v) is 1.11. The van der Waals surface area contributed by atoms with Crippen molar-refractivity contribution >= 4 is 18.4 Å². The van der Waals surface area contributed by atoms with Gasteiger partial charge < -0.3 is 5.73 Å². The minimum absolute atomic E-state index is 0. The van der Waals surface area contributed by atoms with E-state index in [0.717, 1.165) is 5.56 Å². The van der Waals surface area contributed by atoms with Crippen LogP contribution in [-0.2, 0) is 7.05 Å². The first-order valence-corrected chi connectivity index (χ1v) is 3.99. The molecule has 4 nitrogen and oxygen atoms in total. The smallest absolute Gasteiger partial charge is 0.218 e. The molecule has 0 atom stereocenters. The summed E-state index contributed by atoms with van der Waals surface area (Å²) in [6.45, 7) is 0. The van der Waals surface area contributed by atoms with E-state index in [1.54, 1.807) is 11.7 Å². The van der Waals surface area contributed by atoms with Gasteiger partial charge in [0.1, 0.15) is 0 Å². The number of aryl methyl sites for hydroxylation is 1. The minimum Gasteiger partial charge on any atom is -0.368 e. The summed E-state index contributed by atoms with van der Waals surface area (Å²) in [7, 11) is 1.77. The van der Waals surface area contributed by atoms with Crippen LogP contribution in [0.25, 0.3) is 11.4 Å². The van der Waals surface area contributed by atoms with E-state index >= 15 is 0 Å². The first-order valence-electron chi connectivity index (χ1n) is 3.99. The number of nitrogen functional groups attached to an aromatic ring is 1. The topological polar surface area (TPSA) is 56.7 Å². The molecule has 2 rings (SSSR count). The molecule has 0 amide bonds. The van der Waals surface area contributed by atoms with Gasteiger partial charge in [0, 0.05) is 12.6 Å². The standard InChI is InChI=1S/C9H10N4.ClH/c1-13-9(10)11-8(12-13)7-5-3-2-4-6-7;/h2-6H,1H3,(H2,10,11,12);1H. The highest BCUT2D eigenvalue weighted by molar-refractivity contribution is 5.85. The summed E-state index contributed by atoms with van der Waals surface area (Å²) in [5, 5.41) is 4.16. The van der Waals surface area contributed by atoms with Crippen molar-refractivity contribution in [3.8, 4) is 11.4 Å². The molecule has 2 N–H and O–H groups in total. The van der Waals surface area contributed by atoms with Crippen molar-refractivity contribution in [1.29, 1.82) is 0 Å². The number of rotatable bonds is 1. The zero-order chi connectivity index (χ0) is 9.26. The van der Waals surface area contributed by atoms with Crippen LogP contribution in [-0.4, -0.2) is 14.8 Å². The van der Waals surface area contributed by atoms with Crippen LogP contribution in [0.3, 0.4) is 0 Å². The number of anilines is 1. The van der Waals surface area contributed by atoms with Crippen LogP contribution in [0.5, 0.6) is 0 Å². The number of nitrogens with two attached hydrogens (primary N) is 1. The quantitative estimate of drug-likeness (QED) is 0.776. The molecule has 0 spiro atoms. The summed E-state index contributed by atoms with van der Waals surface area (Å²) in [6, 6.07) is 9.75. The number of benzene rings is 1. The Labute approximate surface area is 88.2 Å². The Hall–Kier alpha value is -1.55. The van der Waals surface area contributed by atoms with E-state index in [1.807, 2.05) is 30.3 Å². The number of aromatic nitrogens is 3. The highest BCUT2D eigenvalue weighted by atomic mass is 35.5. The van der Waals surface area contributed by atoms with E-state index in [-0.39, 0.29) is 12.4 Å². The lowest BCUT2D eigenvalue weighted by molar-refractivity contribution is 0.781. The fourth-order valence-electron chi connectivity index (χ4n) is 1.11. The Morgan fingerprint density at radius 3 is 2.36 bits per heavy atom. The highest BCUT2D eigenvalue weighted by Gasteiger charge is 2.04. The summed E-state index contributed by atoms with van der Waals surface area (Å²) in [5.41, 5.74) is 6.55. The summed E-state index contributed by atoms with van der Waals surface area (Å²) >= 11 is 0. The molecule has 1 heterocycles. The van der Waals surface area contributed by atoms with E-state index < -0.39 is 0 Å². The SMILES string of the molecule is Cl.Cn1nc(-c2ccccc2)nc1N. The van der Waals surface area contributed by atoms with Crippen LogP contribution < -0.4 is 5.73 Å². The van der Waals surface area contributed by atoms with Gasteiger partial charge in [-0.2, -0.15) is 4.98 Å². The Kier molecular flexibility index (Phi) is 3.09. The van der Waals surface area contributed by atoms with Crippen molar-refractivity contribution in [2.24, 2.45) is 7.05 Å². The van der Waals surface area contributed by atoms with E-state index in [0.29, 0.717) is 11.8 Å². The average molecular weight is 211 g/mol. The van der Waals surface area contributed by atoms with Crippen LogP contribution in [0.15, 0.2) is 30.3 Å². The third-order valence-electron chi connectivity index (χ3n) is 1.83. The zero-order valence-electron chi connectivity index (χ0n) is 7.71. The van der Waals surface area contributed by atoms with Crippen molar-refractivity contribution in [3.63, 3.8) is 0 Å². The molecule has 0 aliphatic rings. The molecular weight excluding hydrogens is 200 g/mol. The fraction of sp³-hybridized carbons (Fsp3) is 0.111. The number of nitrogens with zero attached hydrogens (tertiary/aromatic N) is 3. The second-order valence-corrected chi connectivity index (χ2v) is 2.78.